The molecule has 0 aliphatic carbocycles. The third-order valence-corrected chi connectivity index (χ3v) is 4.68. The Morgan fingerprint density at radius 1 is 1.19 bits per heavy atom. The molecule has 0 bridgehead atoms. The predicted octanol–water partition coefficient (Wildman–Crippen LogP) is 3.01. The average Bonchev–Trinajstić information content (AvgIpc) is 2.99. The third kappa shape index (κ3) is 5.10. The van der Waals surface area contributed by atoms with Gasteiger partial charge in [0, 0.05) is 26.2 Å². The molecular weight excluding hydrogens is 378 g/mol. The van der Waals surface area contributed by atoms with Gasteiger partial charge in [0.1, 0.15) is 17.7 Å². The number of aromatic nitrogens is 2. The van der Waals surface area contributed by atoms with Crippen molar-refractivity contribution in [2.45, 2.75) is 38.6 Å². The zero-order valence-electron chi connectivity index (χ0n) is 14.6. The van der Waals surface area contributed by atoms with E-state index in [9.17, 15) is 4.39 Å². The second kappa shape index (κ2) is 9.55. The van der Waals surface area contributed by atoms with E-state index < -0.39 is 0 Å². The maximum atomic E-state index is 13.0. The van der Waals surface area contributed by atoms with Crippen molar-refractivity contribution < 1.29 is 9.13 Å². The van der Waals surface area contributed by atoms with Crippen LogP contribution in [0.25, 0.3) is 0 Å². The van der Waals surface area contributed by atoms with Gasteiger partial charge in [0.15, 0.2) is 0 Å². The minimum absolute atomic E-state index is 0. The summed E-state index contributed by atoms with van der Waals surface area (Å²) in [7, 11) is 0. The van der Waals surface area contributed by atoms with Crippen LogP contribution < -0.4 is 10.1 Å². The van der Waals surface area contributed by atoms with E-state index in [1.165, 1.54) is 17.8 Å². The lowest BCUT2D eigenvalue weighted by Crippen LogP contribution is -2.40. The van der Waals surface area contributed by atoms with Gasteiger partial charge in [-0.2, -0.15) is 5.10 Å². The number of halogens is 3. The zero-order chi connectivity index (χ0) is 16.4. The van der Waals surface area contributed by atoms with Crippen LogP contribution in [0.4, 0.5) is 4.39 Å². The van der Waals surface area contributed by atoms with E-state index in [1.807, 2.05) is 0 Å². The Hall–Kier alpha value is -1.34. The van der Waals surface area contributed by atoms with Gasteiger partial charge in [0.2, 0.25) is 0 Å². The molecule has 1 unspecified atom stereocenters. The van der Waals surface area contributed by atoms with Gasteiger partial charge in [-0.3, -0.25) is 9.58 Å². The highest BCUT2D eigenvalue weighted by atomic mass is 35.5. The Bertz CT molecular complexity index is 671. The number of piperidine rings is 1. The van der Waals surface area contributed by atoms with Crippen molar-refractivity contribution >= 4 is 24.8 Å². The summed E-state index contributed by atoms with van der Waals surface area (Å²) in [6.45, 7) is 5.67. The van der Waals surface area contributed by atoms with Crippen molar-refractivity contribution in [1.29, 1.82) is 0 Å². The van der Waals surface area contributed by atoms with Crippen molar-refractivity contribution in [1.82, 2.24) is 20.0 Å². The van der Waals surface area contributed by atoms with E-state index in [2.05, 4.69) is 21.0 Å². The largest absolute Gasteiger partial charge is 0.489 e. The molecule has 1 fully saturated rings. The highest BCUT2D eigenvalue weighted by Crippen LogP contribution is 2.20. The topological polar surface area (TPSA) is 42.3 Å². The highest BCUT2D eigenvalue weighted by molar-refractivity contribution is 5.85. The van der Waals surface area contributed by atoms with E-state index in [0.717, 1.165) is 63.6 Å². The van der Waals surface area contributed by atoms with Crippen LogP contribution in [-0.4, -0.2) is 40.4 Å². The summed E-state index contributed by atoms with van der Waals surface area (Å²) < 4.78 is 21.1. The van der Waals surface area contributed by atoms with Gasteiger partial charge in [-0.15, -0.1) is 24.8 Å². The van der Waals surface area contributed by atoms with Crippen LogP contribution in [0.1, 0.15) is 24.2 Å². The molecule has 2 aromatic rings. The fourth-order valence-corrected chi connectivity index (χ4v) is 3.52. The SMILES string of the molecule is Cl.Cl.Fc1ccc(OC2CCCN(Cc3cc4n(n3)CCNC4)C2)cc1. The van der Waals surface area contributed by atoms with Gasteiger partial charge < -0.3 is 10.1 Å². The summed E-state index contributed by atoms with van der Waals surface area (Å²) in [4.78, 5) is 2.40. The summed E-state index contributed by atoms with van der Waals surface area (Å²) in [6, 6.07) is 8.49. The Kier molecular flexibility index (Phi) is 7.70. The monoisotopic (exact) mass is 402 g/mol. The number of rotatable bonds is 4. The predicted molar refractivity (Wildman–Crippen MR) is 104 cm³/mol. The molecule has 2 aliphatic heterocycles. The Morgan fingerprint density at radius 2 is 2.00 bits per heavy atom. The molecule has 0 radical (unpaired) electrons. The first-order chi connectivity index (χ1) is 11.8. The second-order valence-electron chi connectivity index (χ2n) is 6.60. The summed E-state index contributed by atoms with van der Waals surface area (Å²) in [5.41, 5.74) is 2.41. The first-order valence-electron chi connectivity index (χ1n) is 8.67. The van der Waals surface area contributed by atoms with E-state index in [4.69, 9.17) is 9.84 Å². The van der Waals surface area contributed by atoms with Crippen LogP contribution in [-0.2, 0) is 19.6 Å². The normalized spacial score (nSPS) is 19.8. The molecule has 2 aliphatic rings. The molecule has 3 heterocycles. The molecule has 1 aromatic heterocycles. The summed E-state index contributed by atoms with van der Waals surface area (Å²) in [6.07, 6.45) is 2.31. The Labute approximate surface area is 165 Å². The Balaban J connectivity index is 0.00000121. The molecule has 1 saturated heterocycles. The molecule has 0 saturated carbocycles. The zero-order valence-corrected chi connectivity index (χ0v) is 16.2. The van der Waals surface area contributed by atoms with E-state index in [-0.39, 0.29) is 36.7 Å². The van der Waals surface area contributed by atoms with Crippen LogP contribution in [0.3, 0.4) is 0 Å². The van der Waals surface area contributed by atoms with Crippen molar-refractivity contribution in [2.24, 2.45) is 0 Å². The van der Waals surface area contributed by atoms with Crippen molar-refractivity contribution in [3.8, 4) is 5.75 Å². The molecule has 1 aromatic carbocycles. The van der Waals surface area contributed by atoms with Gasteiger partial charge in [0.05, 0.1) is 17.9 Å². The number of fused-ring (bicyclic) bond motifs is 1. The molecule has 0 amide bonds. The van der Waals surface area contributed by atoms with Crippen molar-refractivity contribution in [3.05, 3.63) is 47.5 Å². The minimum atomic E-state index is -0.231. The lowest BCUT2D eigenvalue weighted by molar-refractivity contribution is 0.0834. The quantitative estimate of drug-likeness (QED) is 0.853. The summed E-state index contributed by atoms with van der Waals surface area (Å²) in [5, 5.41) is 8.09. The molecule has 0 spiro atoms. The second-order valence-corrected chi connectivity index (χ2v) is 6.60. The van der Waals surface area contributed by atoms with E-state index in [0.29, 0.717) is 0 Å². The summed E-state index contributed by atoms with van der Waals surface area (Å²) >= 11 is 0. The van der Waals surface area contributed by atoms with Crippen LogP contribution in [0, 0.1) is 5.82 Å². The summed E-state index contributed by atoms with van der Waals surface area (Å²) in [5.74, 6) is 0.512. The van der Waals surface area contributed by atoms with Crippen LogP contribution >= 0.6 is 24.8 Å². The molecule has 4 rings (SSSR count). The number of ether oxygens (including phenoxy) is 1. The van der Waals surface area contributed by atoms with Gasteiger partial charge in [0.25, 0.3) is 0 Å². The first kappa shape index (κ1) is 21.0. The van der Waals surface area contributed by atoms with Crippen LogP contribution in [0.5, 0.6) is 5.75 Å². The van der Waals surface area contributed by atoms with Crippen LogP contribution in [0.15, 0.2) is 30.3 Å². The number of nitrogens with one attached hydrogen (secondary N) is 1. The molecular formula is C18H25Cl2FN4O. The smallest absolute Gasteiger partial charge is 0.123 e. The molecule has 8 heteroatoms. The fraction of sp³-hybridized carbons (Fsp3) is 0.500. The van der Waals surface area contributed by atoms with Gasteiger partial charge in [-0.1, -0.05) is 0 Å². The van der Waals surface area contributed by atoms with E-state index in [1.54, 1.807) is 12.1 Å². The molecule has 26 heavy (non-hydrogen) atoms. The van der Waals surface area contributed by atoms with Crippen LogP contribution in [0.2, 0.25) is 0 Å². The maximum Gasteiger partial charge on any atom is 0.123 e. The van der Waals surface area contributed by atoms with Crippen molar-refractivity contribution in [2.75, 3.05) is 19.6 Å². The molecule has 5 nitrogen and oxygen atoms in total. The number of likely N-dealkylation sites (tertiary alicyclic amines) is 1. The first-order valence-corrected chi connectivity index (χ1v) is 8.67. The number of nitrogens with zero attached hydrogens (tertiary/aromatic N) is 3. The van der Waals surface area contributed by atoms with Gasteiger partial charge in [-0.05, 0) is 49.7 Å². The number of hydrogen-bond donors (Lipinski definition) is 1. The van der Waals surface area contributed by atoms with Crippen molar-refractivity contribution in [3.63, 3.8) is 0 Å². The van der Waals surface area contributed by atoms with Gasteiger partial charge >= 0.3 is 0 Å². The maximum absolute atomic E-state index is 13.0. The number of benzene rings is 1. The Morgan fingerprint density at radius 3 is 2.77 bits per heavy atom. The lowest BCUT2D eigenvalue weighted by Gasteiger charge is -2.32. The fourth-order valence-electron chi connectivity index (χ4n) is 3.52. The van der Waals surface area contributed by atoms with Gasteiger partial charge in [-0.25, -0.2) is 4.39 Å². The molecule has 144 valence electrons. The third-order valence-electron chi connectivity index (χ3n) is 4.68. The molecule has 1 N–H and O–H groups in total. The number of hydrogen-bond acceptors (Lipinski definition) is 4. The minimum Gasteiger partial charge on any atom is -0.489 e. The average molecular weight is 403 g/mol. The molecule has 1 atom stereocenters. The highest BCUT2D eigenvalue weighted by Gasteiger charge is 2.23. The van der Waals surface area contributed by atoms with E-state index >= 15 is 0 Å². The standard InChI is InChI=1S/C18H23FN4O.2ClH/c19-14-3-5-17(6-4-14)24-18-2-1-8-22(13-18)12-15-10-16-11-20-7-9-23(16)21-15;;/h3-6,10,18,20H,1-2,7-9,11-13H2;2*1H. The lowest BCUT2D eigenvalue weighted by atomic mass is 10.1.